The molecule has 0 radical (unpaired) electrons. The van der Waals surface area contributed by atoms with E-state index in [1.54, 1.807) is 0 Å². The standard InChI is InChI=1S/C15H24N2OS/c1-2-12(14(16)19)17-15(18)13-10-4-8-3-9(6-10)7-11(13)5-8/h8-13H,2-7H2,1H3,(H2,16,19)(H,17,18). The first-order valence-electron chi connectivity index (χ1n) is 7.68. The summed E-state index contributed by atoms with van der Waals surface area (Å²) >= 11 is 5.03. The molecule has 4 heteroatoms. The Morgan fingerprint density at radius 1 is 1.21 bits per heavy atom. The van der Waals surface area contributed by atoms with Gasteiger partial charge in [0.05, 0.1) is 11.0 Å². The molecule has 4 aliphatic rings. The number of nitrogens with two attached hydrogens (primary N) is 1. The summed E-state index contributed by atoms with van der Waals surface area (Å²) < 4.78 is 0. The summed E-state index contributed by atoms with van der Waals surface area (Å²) in [5, 5.41) is 3.09. The second-order valence-electron chi connectivity index (χ2n) is 6.83. The zero-order valence-corrected chi connectivity index (χ0v) is 12.4. The quantitative estimate of drug-likeness (QED) is 0.777. The largest absolute Gasteiger partial charge is 0.392 e. The predicted octanol–water partition coefficient (Wildman–Crippen LogP) is 2.24. The van der Waals surface area contributed by atoms with E-state index < -0.39 is 0 Å². The smallest absolute Gasteiger partial charge is 0.224 e. The minimum Gasteiger partial charge on any atom is -0.392 e. The van der Waals surface area contributed by atoms with Gasteiger partial charge in [-0.2, -0.15) is 0 Å². The van der Waals surface area contributed by atoms with E-state index in [1.165, 1.54) is 32.1 Å². The second-order valence-corrected chi connectivity index (χ2v) is 7.30. The first-order valence-corrected chi connectivity index (χ1v) is 8.09. The van der Waals surface area contributed by atoms with Crippen molar-refractivity contribution in [2.45, 2.75) is 51.5 Å². The number of carbonyl (C=O) groups excluding carboxylic acids is 1. The van der Waals surface area contributed by atoms with Crippen molar-refractivity contribution < 1.29 is 4.79 Å². The van der Waals surface area contributed by atoms with Crippen molar-refractivity contribution in [2.75, 3.05) is 0 Å². The van der Waals surface area contributed by atoms with Crippen molar-refractivity contribution in [1.82, 2.24) is 5.32 Å². The van der Waals surface area contributed by atoms with Gasteiger partial charge in [0, 0.05) is 5.92 Å². The van der Waals surface area contributed by atoms with Crippen LogP contribution in [0, 0.1) is 29.6 Å². The monoisotopic (exact) mass is 280 g/mol. The molecule has 0 heterocycles. The molecular weight excluding hydrogens is 256 g/mol. The van der Waals surface area contributed by atoms with Gasteiger partial charge in [0.2, 0.25) is 5.91 Å². The molecule has 0 spiro atoms. The maximum absolute atomic E-state index is 12.6. The van der Waals surface area contributed by atoms with Crippen LogP contribution >= 0.6 is 12.2 Å². The maximum atomic E-state index is 12.6. The van der Waals surface area contributed by atoms with Crippen LogP contribution in [0.2, 0.25) is 0 Å². The summed E-state index contributed by atoms with van der Waals surface area (Å²) in [4.78, 5) is 13.0. The van der Waals surface area contributed by atoms with E-state index in [0.717, 1.165) is 18.3 Å². The van der Waals surface area contributed by atoms with Crippen LogP contribution in [0.15, 0.2) is 0 Å². The van der Waals surface area contributed by atoms with Crippen molar-refractivity contribution in [2.24, 2.45) is 35.3 Å². The molecule has 3 nitrogen and oxygen atoms in total. The van der Waals surface area contributed by atoms with Gasteiger partial charge in [0.1, 0.15) is 0 Å². The normalized spacial score (nSPS) is 41.0. The molecule has 0 aliphatic heterocycles. The molecule has 4 saturated carbocycles. The Balaban J connectivity index is 1.68. The number of carbonyl (C=O) groups is 1. The molecule has 4 rings (SSSR count). The summed E-state index contributed by atoms with van der Waals surface area (Å²) in [6.45, 7) is 2.01. The lowest BCUT2D eigenvalue weighted by Crippen LogP contribution is -2.54. The van der Waals surface area contributed by atoms with E-state index in [9.17, 15) is 4.79 Å². The van der Waals surface area contributed by atoms with Crippen LogP contribution in [0.5, 0.6) is 0 Å². The third-order valence-electron chi connectivity index (χ3n) is 5.60. The average Bonchev–Trinajstić information content (AvgIpc) is 2.34. The highest BCUT2D eigenvalue weighted by Gasteiger charge is 2.50. The fourth-order valence-electron chi connectivity index (χ4n) is 5.00. The number of hydrogen-bond donors (Lipinski definition) is 2. The number of rotatable bonds is 4. The van der Waals surface area contributed by atoms with Crippen molar-refractivity contribution in [3.8, 4) is 0 Å². The van der Waals surface area contributed by atoms with Gasteiger partial charge in [0.25, 0.3) is 0 Å². The molecule has 106 valence electrons. The predicted molar refractivity (Wildman–Crippen MR) is 79.5 cm³/mol. The first kappa shape index (κ1) is 13.3. The molecule has 4 fully saturated rings. The Labute approximate surface area is 120 Å². The zero-order chi connectivity index (χ0) is 13.6. The lowest BCUT2D eigenvalue weighted by atomic mass is 9.51. The first-order chi connectivity index (χ1) is 9.08. The highest BCUT2D eigenvalue weighted by Crippen LogP contribution is 2.56. The van der Waals surface area contributed by atoms with Crippen LogP contribution in [-0.4, -0.2) is 16.9 Å². The Morgan fingerprint density at radius 3 is 2.16 bits per heavy atom. The Kier molecular flexibility index (Phi) is 3.54. The van der Waals surface area contributed by atoms with Gasteiger partial charge in [-0.3, -0.25) is 4.79 Å². The van der Waals surface area contributed by atoms with Gasteiger partial charge >= 0.3 is 0 Å². The zero-order valence-electron chi connectivity index (χ0n) is 11.6. The van der Waals surface area contributed by atoms with Gasteiger partial charge in [0.15, 0.2) is 0 Å². The summed E-state index contributed by atoms with van der Waals surface area (Å²) in [5.41, 5.74) is 5.69. The highest BCUT2D eigenvalue weighted by molar-refractivity contribution is 7.80. The van der Waals surface area contributed by atoms with Crippen LogP contribution < -0.4 is 11.1 Å². The van der Waals surface area contributed by atoms with Gasteiger partial charge in [-0.05, 0) is 62.2 Å². The van der Waals surface area contributed by atoms with E-state index >= 15 is 0 Å². The third-order valence-corrected chi connectivity index (χ3v) is 5.88. The van der Waals surface area contributed by atoms with Gasteiger partial charge < -0.3 is 11.1 Å². The summed E-state index contributed by atoms with van der Waals surface area (Å²) in [5.74, 6) is 3.51. The van der Waals surface area contributed by atoms with Gasteiger partial charge in [-0.15, -0.1) is 0 Å². The molecule has 4 aliphatic carbocycles. The molecule has 1 unspecified atom stereocenters. The van der Waals surface area contributed by atoms with E-state index in [-0.39, 0.29) is 17.9 Å². The topological polar surface area (TPSA) is 55.1 Å². The lowest BCUT2D eigenvalue weighted by Gasteiger charge is -2.53. The fraction of sp³-hybridized carbons (Fsp3) is 0.867. The number of nitrogens with one attached hydrogen (secondary N) is 1. The molecule has 1 atom stereocenters. The lowest BCUT2D eigenvalue weighted by molar-refractivity contribution is -0.138. The summed E-state index contributed by atoms with van der Waals surface area (Å²) in [6.07, 6.45) is 7.30. The van der Waals surface area contributed by atoms with E-state index in [0.29, 0.717) is 16.8 Å². The summed E-state index contributed by atoms with van der Waals surface area (Å²) in [7, 11) is 0. The maximum Gasteiger partial charge on any atom is 0.224 e. The van der Waals surface area contributed by atoms with Crippen molar-refractivity contribution in [3.05, 3.63) is 0 Å². The molecule has 19 heavy (non-hydrogen) atoms. The highest BCUT2D eigenvalue weighted by atomic mass is 32.1. The molecule has 3 N–H and O–H groups in total. The SMILES string of the molecule is CCC(NC(=O)C1C2CC3CC(C2)CC1C3)C(N)=S. The summed E-state index contributed by atoms with van der Waals surface area (Å²) in [6, 6.07) is -0.125. The molecule has 0 aromatic carbocycles. The minimum atomic E-state index is -0.125. The second kappa shape index (κ2) is 5.04. The van der Waals surface area contributed by atoms with E-state index in [4.69, 9.17) is 18.0 Å². The Bertz CT molecular complexity index is 368. The van der Waals surface area contributed by atoms with E-state index in [2.05, 4.69) is 5.32 Å². The van der Waals surface area contributed by atoms with Crippen LogP contribution in [-0.2, 0) is 4.79 Å². The number of amides is 1. The van der Waals surface area contributed by atoms with Crippen LogP contribution in [0.25, 0.3) is 0 Å². The van der Waals surface area contributed by atoms with Crippen molar-refractivity contribution >= 4 is 23.1 Å². The molecule has 0 aromatic heterocycles. The minimum absolute atomic E-state index is 0.125. The number of thiocarbonyl (C=S) groups is 1. The average molecular weight is 280 g/mol. The molecule has 1 amide bonds. The van der Waals surface area contributed by atoms with Gasteiger partial charge in [-0.1, -0.05) is 19.1 Å². The Morgan fingerprint density at radius 2 is 1.74 bits per heavy atom. The van der Waals surface area contributed by atoms with Gasteiger partial charge in [-0.25, -0.2) is 0 Å². The number of hydrogen-bond acceptors (Lipinski definition) is 2. The Hall–Kier alpha value is -0.640. The molecule has 0 aromatic rings. The third kappa shape index (κ3) is 2.39. The fourth-order valence-corrected chi connectivity index (χ4v) is 5.22. The van der Waals surface area contributed by atoms with Crippen LogP contribution in [0.1, 0.15) is 45.4 Å². The van der Waals surface area contributed by atoms with E-state index in [1.807, 2.05) is 6.92 Å². The molecule has 0 saturated heterocycles. The van der Waals surface area contributed by atoms with Crippen LogP contribution in [0.3, 0.4) is 0 Å². The van der Waals surface area contributed by atoms with Crippen LogP contribution in [0.4, 0.5) is 0 Å². The molecule has 4 bridgehead atoms. The van der Waals surface area contributed by atoms with Crippen molar-refractivity contribution in [3.63, 3.8) is 0 Å². The molecular formula is C15H24N2OS. The van der Waals surface area contributed by atoms with Crippen molar-refractivity contribution in [1.29, 1.82) is 0 Å².